The van der Waals surface area contributed by atoms with Crippen LogP contribution in [0.5, 0.6) is 0 Å². The lowest BCUT2D eigenvalue weighted by Gasteiger charge is -2.31. The van der Waals surface area contributed by atoms with Crippen molar-refractivity contribution in [3.63, 3.8) is 0 Å². The molecule has 0 spiro atoms. The van der Waals surface area contributed by atoms with Crippen LogP contribution in [0.1, 0.15) is 13.8 Å². The highest BCUT2D eigenvalue weighted by Gasteiger charge is 2.41. The highest BCUT2D eigenvalue weighted by Crippen LogP contribution is 2.19. The maximum Gasteiger partial charge on any atom is 0.331 e. The molecule has 0 aromatic rings. The Morgan fingerprint density at radius 1 is 1.50 bits per heavy atom. The predicted molar refractivity (Wildman–Crippen MR) is 58.6 cm³/mol. The molecular formula is C10H13ClN2O3. The zero-order chi connectivity index (χ0) is 12.5. The zero-order valence-electron chi connectivity index (χ0n) is 9.12. The topological polar surface area (TPSA) is 66.5 Å². The predicted octanol–water partition coefficient (Wildman–Crippen LogP) is 1.09. The fourth-order valence-corrected chi connectivity index (χ4v) is 1.66. The van der Waals surface area contributed by atoms with Crippen LogP contribution in [0, 0.1) is 11.8 Å². The zero-order valence-corrected chi connectivity index (χ0v) is 9.87. The molecule has 4 amide bonds. The van der Waals surface area contributed by atoms with Crippen LogP contribution >= 0.6 is 11.6 Å². The first-order valence-electron chi connectivity index (χ1n) is 4.84. The van der Waals surface area contributed by atoms with E-state index in [-0.39, 0.29) is 17.5 Å². The minimum absolute atomic E-state index is 0.0806. The summed E-state index contributed by atoms with van der Waals surface area (Å²) in [5, 5.41) is 2.29. The van der Waals surface area contributed by atoms with E-state index >= 15 is 0 Å². The average Bonchev–Trinajstić information content (AvgIpc) is 2.10. The fraction of sp³-hybridized carbons (Fsp3) is 0.500. The van der Waals surface area contributed by atoms with Crippen molar-refractivity contribution in [2.45, 2.75) is 13.8 Å². The number of carbonyl (C=O) groups is 3. The monoisotopic (exact) mass is 244 g/mol. The van der Waals surface area contributed by atoms with Crippen LogP contribution in [-0.2, 0) is 9.59 Å². The summed E-state index contributed by atoms with van der Waals surface area (Å²) in [6.45, 7) is 6.82. The number of rotatable bonds is 3. The van der Waals surface area contributed by atoms with Gasteiger partial charge in [-0.15, -0.1) is 0 Å². The Bertz CT molecular complexity index is 365. The average molecular weight is 245 g/mol. The first kappa shape index (κ1) is 12.7. The van der Waals surface area contributed by atoms with E-state index in [0.717, 1.165) is 4.90 Å². The number of halogens is 1. The van der Waals surface area contributed by atoms with Crippen LogP contribution in [0.15, 0.2) is 11.6 Å². The summed E-state index contributed by atoms with van der Waals surface area (Å²) < 4.78 is 0. The molecule has 5 nitrogen and oxygen atoms in total. The van der Waals surface area contributed by atoms with E-state index in [1.165, 1.54) is 0 Å². The van der Waals surface area contributed by atoms with Gasteiger partial charge >= 0.3 is 6.03 Å². The third-order valence-electron chi connectivity index (χ3n) is 2.29. The van der Waals surface area contributed by atoms with Gasteiger partial charge in [0.25, 0.3) is 0 Å². The van der Waals surface area contributed by atoms with Crippen molar-refractivity contribution in [3.05, 3.63) is 11.6 Å². The second-order valence-electron chi connectivity index (χ2n) is 3.96. The van der Waals surface area contributed by atoms with Gasteiger partial charge < -0.3 is 0 Å². The maximum atomic E-state index is 11.9. The van der Waals surface area contributed by atoms with Gasteiger partial charge in [-0.05, 0) is 5.92 Å². The van der Waals surface area contributed by atoms with Gasteiger partial charge in [-0.2, -0.15) is 0 Å². The Balaban J connectivity index is 2.94. The standard InChI is InChI=1S/C10H13ClN2O3/c1-5(2)7-8(14)12-10(16)13(9(7)15)4-6(3)11/h5,7H,3-4H2,1-2H3,(H,12,14,16). The SMILES string of the molecule is C=C(Cl)CN1C(=O)NC(=O)C(C(C)C)C1=O. The largest absolute Gasteiger partial charge is 0.331 e. The molecule has 1 aliphatic rings. The van der Waals surface area contributed by atoms with Crippen molar-refractivity contribution in [3.8, 4) is 0 Å². The van der Waals surface area contributed by atoms with Crippen molar-refractivity contribution < 1.29 is 14.4 Å². The minimum Gasteiger partial charge on any atom is -0.277 e. The van der Waals surface area contributed by atoms with Crippen molar-refractivity contribution in [2.24, 2.45) is 11.8 Å². The lowest BCUT2D eigenvalue weighted by molar-refractivity contribution is -0.144. The summed E-state index contributed by atoms with van der Waals surface area (Å²) in [7, 11) is 0. The summed E-state index contributed by atoms with van der Waals surface area (Å²) in [5.74, 6) is -2.09. The second kappa shape index (κ2) is 4.65. The first-order valence-corrected chi connectivity index (χ1v) is 5.22. The normalized spacial score (nSPS) is 21.4. The molecule has 0 saturated carbocycles. The summed E-state index contributed by atoms with van der Waals surface area (Å²) in [6.07, 6.45) is 0. The van der Waals surface area contributed by atoms with Crippen molar-refractivity contribution >= 4 is 29.4 Å². The lowest BCUT2D eigenvalue weighted by Crippen LogP contribution is -2.59. The number of amides is 4. The maximum absolute atomic E-state index is 11.9. The molecule has 1 fully saturated rings. The van der Waals surface area contributed by atoms with Gasteiger partial charge in [0.1, 0.15) is 5.92 Å². The van der Waals surface area contributed by atoms with Gasteiger partial charge in [-0.25, -0.2) is 4.79 Å². The van der Waals surface area contributed by atoms with Crippen LogP contribution in [0.4, 0.5) is 4.79 Å². The van der Waals surface area contributed by atoms with Crippen molar-refractivity contribution in [2.75, 3.05) is 6.54 Å². The van der Waals surface area contributed by atoms with E-state index < -0.39 is 23.8 Å². The van der Waals surface area contributed by atoms with Crippen molar-refractivity contribution in [1.82, 2.24) is 10.2 Å². The Hall–Kier alpha value is -1.36. The molecule has 1 atom stereocenters. The minimum atomic E-state index is -0.839. The second-order valence-corrected chi connectivity index (χ2v) is 4.49. The third-order valence-corrected chi connectivity index (χ3v) is 2.41. The number of hydrogen-bond donors (Lipinski definition) is 1. The van der Waals surface area contributed by atoms with Gasteiger partial charge in [-0.1, -0.05) is 32.0 Å². The van der Waals surface area contributed by atoms with Crippen LogP contribution in [0.25, 0.3) is 0 Å². The van der Waals surface area contributed by atoms with E-state index in [0.29, 0.717) is 0 Å². The Morgan fingerprint density at radius 3 is 2.50 bits per heavy atom. The van der Waals surface area contributed by atoms with Gasteiger partial charge in [-0.3, -0.25) is 19.8 Å². The summed E-state index contributed by atoms with van der Waals surface area (Å²) in [6, 6.07) is -0.742. The number of imide groups is 2. The third kappa shape index (κ3) is 2.41. The molecule has 0 bridgehead atoms. The Kier molecular flexibility index (Phi) is 3.70. The number of barbiturate groups is 1. The number of carbonyl (C=O) groups excluding carboxylic acids is 3. The van der Waals surface area contributed by atoms with Crippen molar-refractivity contribution in [1.29, 1.82) is 0 Å². The van der Waals surface area contributed by atoms with E-state index in [4.69, 9.17) is 11.6 Å². The van der Waals surface area contributed by atoms with E-state index in [2.05, 4.69) is 11.9 Å². The van der Waals surface area contributed by atoms with Gasteiger partial charge in [0, 0.05) is 5.03 Å². The quantitative estimate of drug-likeness (QED) is 0.756. The van der Waals surface area contributed by atoms with E-state index in [1.807, 2.05) is 0 Å². The summed E-state index contributed by atoms with van der Waals surface area (Å²) in [4.78, 5) is 35.6. The Morgan fingerprint density at radius 2 is 2.06 bits per heavy atom. The van der Waals surface area contributed by atoms with E-state index in [9.17, 15) is 14.4 Å². The van der Waals surface area contributed by atoms with Gasteiger partial charge in [0.2, 0.25) is 11.8 Å². The molecule has 1 saturated heterocycles. The number of nitrogens with one attached hydrogen (secondary N) is 1. The molecule has 1 N–H and O–H groups in total. The van der Waals surface area contributed by atoms with E-state index in [1.54, 1.807) is 13.8 Å². The van der Waals surface area contributed by atoms with Crippen LogP contribution < -0.4 is 5.32 Å². The molecule has 0 radical (unpaired) electrons. The van der Waals surface area contributed by atoms with Crippen LogP contribution in [0.3, 0.4) is 0 Å². The Labute approximate surface area is 98.4 Å². The molecule has 0 aliphatic carbocycles. The fourth-order valence-electron chi connectivity index (χ4n) is 1.54. The number of urea groups is 1. The highest BCUT2D eigenvalue weighted by atomic mass is 35.5. The lowest BCUT2D eigenvalue weighted by atomic mass is 9.92. The molecule has 1 heterocycles. The molecule has 0 aromatic heterocycles. The number of hydrogen-bond acceptors (Lipinski definition) is 3. The van der Waals surface area contributed by atoms with Gasteiger partial charge in [0.15, 0.2) is 0 Å². The molecule has 1 aliphatic heterocycles. The summed E-state index contributed by atoms with van der Waals surface area (Å²) in [5.41, 5.74) is 0. The molecule has 0 aromatic carbocycles. The molecule has 88 valence electrons. The number of nitrogens with zero attached hydrogens (tertiary/aromatic N) is 1. The molecule has 16 heavy (non-hydrogen) atoms. The van der Waals surface area contributed by atoms with Gasteiger partial charge in [0.05, 0.1) is 6.54 Å². The van der Waals surface area contributed by atoms with Crippen LogP contribution in [-0.4, -0.2) is 29.3 Å². The van der Waals surface area contributed by atoms with Crippen LogP contribution in [0.2, 0.25) is 0 Å². The molecule has 1 rings (SSSR count). The first-order chi connectivity index (χ1) is 7.34. The molecular weight excluding hydrogens is 232 g/mol. The smallest absolute Gasteiger partial charge is 0.277 e. The summed E-state index contributed by atoms with van der Waals surface area (Å²) >= 11 is 5.55. The highest BCUT2D eigenvalue weighted by molar-refractivity contribution is 6.30. The molecule has 1 unspecified atom stereocenters. The molecule has 6 heteroatoms.